The van der Waals surface area contributed by atoms with Crippen molar-refractivity contribution >= 4 is 5.69 Å². The summed E-state index contributed by atoms with van der Waals surface area (Å²) < 4.78 is 7.38. The summed E-state index contributed by atoms with van der Waals surface area (Å²) in [4.78, 5) is 0. The molecule has 3 nitrogen and oxygen atoms in total. The van der Waals surface area contributed by atoms with Gasteiger partial charge in [0, 0.05) is 28.9 Å². The number of nitrogens with two attached hydrogens (primary N) is 1. The number of nitrogen functional groups attached to an aromatic ring is 1. The predicted molar refractivity (Wildman–Crippen MR) is 89.5 cm³/mol. The van der Waals surface area contributed by atoms with Gasteiger partial charge in [-0.05, 0) is 36.4 Å². The molecule has 2 aromatic carbocycles. The SMILES string of the molecule is COc1ccc(-c2cc(N)cc(-c3ccccc3)[n+]2C)cc1. The van der Waals surface area contributed by atoms with Crippen LogP contribution in [0.25, 0.3) is 22.5 Å². The first-order chi connectivity index (χ1) is 10.7. The average Bonchev–Trinajstić information content (AvgIpc) is 2.57. The summed E-state index contributed by atoms with van der Waals surface area (Å²) in [5.74, 6) is 0.846. The molecule has 0 bridgehead atoms. The highest BCUT2D eigenvalue weighted by molar-refractivity contribution is 5.67. The van der Waals surface area contributed by atoms with Crippen molar-refractivity contribution in [3.05, 3.63) is 66.7 Å². The molecule has 0 saturated carbocycles. The van der Waals surface area contributed by atoms with E-state index in [1.54, 1.807) is 7.11 Å². The fourth-order valence-electron chi connectivity index (χ4n) is 2.61. The molecule has 0 saturated heterocycles. The van der Waals surface area contributed by atoms with E-state index in [1.165, 1.54) is 0 Å². The Hall–Kier alpha value is -2.81. The summed E-state index contributed by atoms with van der Waals surface area (Å²) in [5, 5.41) is 0. The molecule has 1 aromatic heterocycles. The third-order valence-electron chi connectivity index (χ3n) is 3.78. The zero-order chi connectivity index (χ0) is 15.5. The maximum Gasteiger partial charge on any atom is 0.214 e. The lowest BCUT2D eigenvalue weighted by Gasteiger charge is -2.08. The molecule has 3 rings (SSSR count). The van der Waals surface area contributed by atoms with Crippen molar-refractivity contribution in [3.63, 3.8) is 0 Å². The second-order valence-corrected chi connectivity index (χ2v) is 5.21. The van der Waals surface area contributed by atoms with Gasteiger partial charge in [-0.3, -0.25) is 0 Å². The maximum absolute atomic E-state index is 6.12. The van der Waals surface area contributed by atoms with Crippen LogP contribution in [0.15, 0.2) is 66.7 Å². The normalized spacial score (nSPS) is 10.5. The first kappa shape index (κ1) is 14.1. The summed E-state index contributed by atoms with van der Waals surface area (Å²) >= 11 is 0. The number of methoxy groups -OCH3 is 1. The van der Waals surface area contributed by atoms with Crippen molar-refractivity contribution in [3.8, 4) is 28.3 Å². The van der Waals surface area contributed by atoms with Gasteiger partial charge in [0.05, 0.1) is 7.11 Å². The average molecular weight is 291 g/mol. The monoisotopic (exact) mass is 291 g/mol. The Morgan fingerprint density at radius 1 is 0.818 bits per heavy atom. The molecule has 3 aromatic rings. The summed E-state index contributed by atoms with van der Waals surface area (Å²) in [5.41, 5.74) is 11.3. The van der Waals surface area contributed by atoms with Crippen LogP contribution in [0.3, 0.4) is 0 Å². The van der Waals surface area contributed by atoms with Gasteiger partial charge in [-0.1, -0.05) is 18.2 Å². The molecule has 0 aliphatic carbocycles. The molecular weight excluding hydrogens is 272 g/mol. The molecule has 1 heterocycles. The molecule has 0 aliphatic heterocycles. The Kier molecular flexibility index (Phi) is 3.79. The first-order valence-electron chi connectivity index (χ1n) is 7.18. The minimum absolute atomic E-state index is 0.753. The second-order valence-electron chi connectivity index (χ2n) is 5.21. The number of pyridine rings is 1. The molecule has 110 valence electrons. The molecule has 0 spiro atoms. The minimum Gasteiger partial charge on any atom is -0.497 e. The second kappa shape index (κ2) is 5.90. The number of nitrogens with zero attached hydrogens (tertiary/aromatic N) is 1. The van der Waals surface area contributed by atoms with E-state index < -0.39 is 0 Å². The number of rotatable bonds is 3. The molecule has 0 amide bonds. The largest absolute Gasteiger partial charge is 0.497 e. The fourth-order valence-corrected chi connectivity index (χ4v) is 2.61. The Labute approximate surface area is 130 Å². The topological polar surface area (TPSA) is 39.1 Å². The number of anilines is 1. The van der Waals surface area contributed by atoms with Gasteiger partial charge >= 0.3 is 0 Å². The number of aromatic nitrogens is 1. The lowest BCUT2D eigenvalue weighted by atomic mass is 10.1. The van der Waals surface area contributed by atoms with E-state index in [0.29, 0.717) is 0 Å². The summed E-state index contributed by atoms with van der Waals surface area (Å²) in [6.45, 7) is 0. The zero-order valence-corrected chi connectivity index (χ0v) is 12.8. The van der Waals surface area contributed by atoms with Gasteiger partial charge < -0.3 is 10.5 Å². The zero-order valence-electron chi connectivity index (χ0n) is 12.8. The lowest BCUT2D eigenvalue weighted by Crippen LogP contribution is -2.34. The number of hydrogen-bond donors (Lipinski definition) is 1. The van der Waals surface area contributed by atoms with Crippen LogP contribution >= 0.6 is 0 Å². The van der Waals surface area contributed by atoms with Crippen molar-refractivity contribution < 1.29 is 9.30 Å². The standard InChI is InChI=1S/C19H18N2O/c1-21-18(14-6-4-3-5-7-14)12-16(20)13-19(21)15-8-10-17(22-2)11-9-15/h3-13,20H,1-2H3/p+1. The Balaban J connectivity index is 2.14. The fraction of sp³-hybridized carbons (Fsp3) is 0.105. The molecule has 0 radical (unpaired) electrons. The summed E-state index contributed by atoms with van der Waals surface area (Å²) in [6, 6.07) is 22.3. The van der Waals surface area contributed by atoms with Crippen LogP contribution in [0.5, 0.6) is 5.75 Å². The summed E-state index contributed by atoms with van der Waals surface area (Å²) in [6.07, 6.45) is 0. The van der Waals surface area contributed by atoms with Crippen LogP contribution in [0.4, 0.5) is 5.69 Å². The highest BCUT2D eigenvalue weighted by Crippen LogP contribution is 2.25. The highest BCUT2D eigenvalue weighted by Gasteiger charge is 2.17. The van der Waals surface area contributed by atoms with E-state index in [-0.39, 0.29) is 0 Å². The molecule has 22 heavy (non-hydrogen) atoms. The smallest absolute Gasteiger partial charge is 0.214 e. The van der Waals surface area contributed by atoms with E-state index in [1.807, 2.05) is 54.6 Å². The lowest BCUT2D eigenvalue weighted by molar-refractivity contribution is -0.649. The van der Waals surface area contributed by atoms with Crippen LogP contribution in [0.2, 0.25) is 0 Å². The van der Waals surface area contributed by atoms with E-state index in [9.17, 15) is 0 Å². The number of hydrogen-bond acceptors (Lipinski definition) is 2. The van der Waals surface area contributed by atoms with Crippen LogP contribution in [-0.4, -0.2) is 7.11 Å². The van der Waals surface area contributed by atoms with E-state index in [4.69, 9.17) is 10.5 Å². The molecule has 0 fully saturated rings. The van der Waals surface area contributed by atoms with E-state index in [2.05, 4.69) is 23.7 Å². The van der Waals surface area contributed by atoms with Crippen molar-refractivity contribution in [1.29, 1.82) is 0 Å². The van der Waals surface area contributed by atoms with Gasteiger partial charge in [-0.15, -0.1) is 0 Å². The van der Waals surface area contributed by atoms with Gasteiger partial charge in [0.1, 0.15) is 12.8 Å². The first-order valence-corrected chi connectivity index (χ1v) is 7.18. The van der Waals surface area contributed by atoms with Crippen molar-refractivity contribution in [2.24, 2.45) is 7.05 Å². The quantitative estimate of drug-likeness (QED) is 0.751. The molecule has 2 N–H and O–H groups in total. The van der Waals surface area contributed by atoms with E-state index >= 15 is 0 Å². The van der Waals surface area contributed by atoms with Crippen molar-refractivity contribution in [2.75, 3.05) is 12.8 Å². The minimum atomic E-state index is 0.753. The third kappa shape index (κ3) is 2.66. The molecule has 0 unspecified atom stereocenters. The van der Waals surface area contributed by atoms with Gasteiger partial charge in [-0.25, -0.2) is 0 Å². The molecule has 3 heteroatoms. The van der Waals surface area contributed by atoms with Crippen molar-refractivity contribution in [2.45, 2.75) is 0 Å². The van der Waals surface area contributed by atoms with Gasteiger partial charge in [0.15, 0.2) is 0 Å². The van der Waals surface area contributed by atoms with Crippen LogP contribution in [-0.2, 0) is 7.05 Å². The Morgan fingerprint density at radius 2 is 1.36 bits per heavy atom. The van der Waals surface area contributed by atoms with E-state index in [0.717, 1.165) is 34.0 Å². The Morgan fingerprint density at radius 3 is 1.91 bits per heavy atom. The number of ether oxygens (including phenoxy) is 1. The maximum atomic E-state index is 6.12. The summed E-state index contributed by atoms with van der Waals surface area (Å²) in [7, 11) is 3.73. The van der Waals surface area contributed by atoms with Crippen LogP contribution in [0.1, 0.15) is 0 Å². The van der Waals surface area contributed by atoms with Crippen LogP contribution in [0, 0.1) is 0 Å². The molecule has 0 aliphatic rings. The molecular formula is C19H19N2O+. The van der Waals surface area contributed by atoms with Crippen LogP contribution < -0.4 is 15.0 Å². The van der Waals surface area contributed by atoms with Gasteiger partial charge in [0.25, 0.3) is 0 Å². The predicted octanol–water partition coefficient (Wildman–Crippen LogP) is 3.44. The third-order valence-corrected chi connectivity index (χ3v) is 3.78. The van der Waals surface area contributed by atoms with Gasteiger partial charge in [0.2, 0.25) is 11.4 Å². The highest BCUT2D eigenvalue weighted by atomic mass is 16.5. The van der Waals surface area contributed by atoms with Gasteiger partial charge in [-0.2, -0.15) is 4.57 Å². The Bertz CT molecular complexity index is 781. The van der Waals surface area contributed by atoms with Crippen molar-refractivity contribution in [1.82, 2.24) is 0 Å². The molecule has 0 atom stereocenters. The number of benzene rings is 2.